The first-order chi connectivity index (χ1) is 11.5. The molecule has 0 aromatic heterocycles. The number of benzene rings is 2. The molecule has 7 heteroatoms. The normalized spacial score (nSPS) is 11.8. The molecule has 0 atom stereocenters. The average molecular weight is 350 g/mol. The van der Waals surface area contributed by atoms with Gasteiger partial charge >= 0.3 is 0 Å². The van der Waals surface area contributed by atoms with E-state index < -0.39 is 22.5 Å². The molecule has 0 saturated heterocycles. The minimum absolute atomic E-state index is 0.169. The van der Waals surface area contributed by atoms with Crippen molar-refractivity contribution in [1.29, 1.82) is 0 Å². The number of nitrogens with zero attached hydrogens (tertiary/aromatic N) is 1. The van der Waals surface area contributed by atoms with Gasteiger partial charge in [-0.1, -0.05) is 56.2 Å². The molecule has 0 saturated carbocycles. The van der Waals surface area contributed by atoms with E-state index >= 15 is 0 Å². The Morgan fingerprint density at radius 1 is 1.12 bits per heavy atom. The van der Waals surface area contributed by atoms with Gasteiger partial charge in [-0.05, 0) is 17.9 Å². The molecular weight excluding hydrogens is 328 g/mol. The van der Waals surface area contributed by atoms with Gasteiger partial charge in [0.25, 0.3) is 5.91 Å². The van der Waals surface area contributed by atoms with Crippen LogP contribution in [0.5, 0.6) is 0 Å². The standard InChI is InChI=1S/C17H22N2O4S/c1-2-3-6-12-19(13-17(20)18-21)24(22,23)16-11-7-9-14-8-4-5-10-15(14)16/h4-5,7-11,21H,2-3,6,12-13H2,1H3,(H,18,20). The van der Waals surface area contributed by atoms with Crippen LogP contribution < -0.4 is 5.48 Å². The Balaban J connectivity index is 2.43. The molecule has 2 N–H and O–H groups in total. The molecule has 6 nitrogen and oxygen atoms in total. The fourth-order valence-corrected chi connectivity index (χ4v) is 4.23. The SMILES string of the molecule is CCCCCN(CC(=O)NO)S(=O)(=O)c1cccc2ccccc12. The average Bonchev–Trinajstić information content (AvgIpc) is 2.60. The van der Waals surface area contributed by atoms with Gasteiger partial charge in [0, 0.05) is 11.9 Å². The van der Waals surface area contributed by atoms with Crippen LogP contribution in [-0.2, 0) is 14.8 Å². The lowest BCUT2D eigenvalue weighted by atomic mass is 10.1. The van der Waals surface area contributed by atoms with Gasteiger partial charge < -0.3 is 0 Å². The van der Waals surface area contributed by atoms with Crippen molar-refractivity contribution in [1.82, 2.24) is 9.79 Å². The molecule has 0 aliphatic carbocycles. The predicted octanol–water partition coefficient (Wildman–Crippen LogP) is 2.53. The number of rotatable bonds is 8. The number of carbonyl (C=O) groups is 1. The quantitative estimate of drug-likeness (QED) is 0.435. The van der Waals surface area contributed by atoms with Crippen molar-refractivity contribution < 1.29 is 18.4 Å². The second kappa shape index (κ2) is 8.23. The molecule has 2 rings (SSSR count). The summed E-state index contributed by atoms with van der Waals surface area (Å²) in [5.74, 6) is -0.754. The second-order valence-corrected chi connectivity index (χ2v) is 7.46. The highest BCUT2D eigenvalue weighted by atomic mass is 32.2. The summed E-state index contributed by atoms with van der Waals surface area (Å²) < 4.78 is 27.2. The highest BCUT2D eigenvalue weighted by Crippen LogP contribution is 2.25. The van der Waals surface area contributed by atoms with E-state index in [2.05, 4.69) is 0 Å². The van der Waals surface area contributed by atoms with E-state index in [4.69, 9.17) is 5.21 Å². The van der Waals surface area contributed by atoms with Crippen LogP contribution in [0.3, 0.4) is 0 Å². The zero-order valence-corrected chi connectivity index (χ0v) is 14.4. The Kier molecular flexibility index (Phi) is 6.30. The van der Waals surface area contributed by atoms with Gasteiger partial charge in [-0.2, -0.15) is 4.31 Å². The largest absolute Gasteiger partial charge is 0.289 e. The summed E-state index contributed by atoms with van der Waals surface area (Å²) in [6, 6.07) is 12.3. The lowest BCUT2D eigenvalue weighted by Crippen LogP contribution is -2.40. The Bertz CT molecular complexity index is 800. The number of carbonyl (C=O) groups excluding carboxylic acids is 1. The van der Waals surface area contributed by atoms with Crippen molar-refractivity contribution in [2.75, 3.05) is 13.1 Å². The van der Waals surface area contributed by atoms with E-state index in [1.54, 1.807) is 24.3 Å². The number of hydroxylamine groups is 1. The summed E-state index contributed by atoms with van der Waals surface area (Å²) in [5, 5.41) is 10.2. The summed E-state index contributed by atoms with van der Waals surface area (Å²) in [7, 11) is -3.85. The van der Waals surface area contributed by atoms with Crippen LogP contribution in [0.4, 0.5) is 0 Å². The number of amides is 1. The van der Waals surface area contributed by atoms with E-state index in [1.165, 1.54) is 5.48 Å². The highest BCUT2D eigenvalue weighted by molar-refractivity contribution is 7.89. The molecule has 0 unspecified atom stereocenters. The number of hydrogen-bond acceptors (Lipinski definition) is 4. The molecule has 2 aromatic rings. The molecule has 0 aliphatic heterocycles. The summed E-state index contributed by atoms with van der Waals surface area (Å²) >= 11 is 0. The van der Waals surface area contributed by atoms with Crippen LogP contribution in [-0.4, -0.2) is 36.9 Å². The maximum Gasteiger partial charge on any atom is 0.258 e. The van der Waals surface area contributed by atoms with Crippen LogP contribution in [0.1, 0.15) is 26.2 Å². The molecular formula is C17H22N2O4S. The van der Waals surface area contributed by atoms with Gasteiger partial charge in [0.1, 0.15) is 0 Å². The van der Waals surface area contributed by atoms with Crippen molar-refractivity contribution in [2.24, 2.45) is 0 Å². The second-order valence-electron chi connectivity index (χ2n) is 5.56. The number of fused-ring (bicyclic) bond motifs is 1. The van der Waals surface area contributed by atoms with Crippen molar-refractivity contribution in [3.8, 4) is 0 Å². The molecule has 0 heterocycles. The van der Waals surface area contributed by atoms with E-state index in [-0.39, 0.29) is 11.4 Å². The molecule has 1 amide bonds. The van der Waals surface area contributed by atoms with Crippen LogP contribution in [0.2, 0.25) is 0 Å². The third-order valence-corrected chi connectivity index (χ3v) is 5.73. The van der Waals surface area contributed by atoms with Crippen molar-refractivity contribution >= 4 is 26.7 Å². The fourth-order valence-electron chi connectivity index (χ4n) is 2.58. The van der Waals surface area contributed by atoms with E-state index in [0.717, 1.165) is 22.5 Å². The number of unbranched alkanes of at least 4 members (excludes halogenated alkanes) is 2. The Morgan fingerprint density at radius 2 is 1.83 bits per heavy atom. The van der Waals surface area contributed by atoms with E-state index in [9.17, 15) is 13.2 Å². The molecule has 0 radical (unpaired) electrons. The number of hydrogen-bond donors (Lipinski definition) is 2. The summed E-state index contributed by atoms with van der Waals surface area (Å²) in [5.41, 5.74) is 1.50. The first-order valence-electron chi connectivity index (χ1n) is 7.91. The smallest absolute Gasteiger partial charge is 0.258 e. The summed E-state index contributed by atoms with van der Waals surface area (Å²) in [6.07, 6.45) is 2.45. The number of sulfonamides is 1. The monoisotopic (exact) mass is 350 g/mol. The van der Waals surface area contributed by atoms with Crippen molar-refractivity contribution in [3.05, 3.63) is 42.5 Å². The maximum atomic E-state index is 13.1. The summed E-state index contributed by atoms with van der Waals surface area (Å²) in [4.78, 5) is 11.7. The van der Waals surface area contributed by atoms with Crippen LogP contribution in [0, 0.1) is 0 Å². The topological polar surface area (TPSA) is 86.7 Å². The zero-order valence-electron chi connectivity index (χ0n) is 13.6. The Hall–Kier alpha value is -1.96. The third-order valence-electron chi connectivity index (χ3n) is 3.82. The predicted molar refractivity (Wildman–Crippen MR) is 92.2 cm³/mol. The van der Waals surface area contributed by atoms with Gasteiger partial charge in [0.05, 0.1) is 11.4 Å². The Labute approximate surface area is 142 Å². The first kappa shape index (κ1) is 18.4. The molecule has 130 valence electrons. The van der Waals surface area contributed by atoms with Crippen LogP contribution in [0.15, 0.2) is 47.4 Å². The molecule has 2 aromatic carbocycles. The lowest BCUT2D eigenvalue weighted by molar-refractivity contribution is -0.129. The van der Waals surface area contributed by atoms with Crippen molar-refractivity contribution in [2.45, 2.75) is 31.1 Å². The first-order valence-corrected chi connectivity index (χ1v) is 9.35. The summed E-state index contributed by atoms with van der Waals surface area (Å²) in [6.45, 7) is 1.84. The molecule has 24 heavy (non-hydrogen) atoms. The molecule has 0 aliphatic rings. The van der Waals surface area contributed by atoms with E-state index in [0.29, 0.717) is 11.8 Å². The van der Waals surface area contributed by atoms with E-state index in [1.807, 2.05) is 25.1 Å². The van der Waals surface area contributed by atoms with Crippen LogP contribution >= 0.6 is 0 Å². The highest BCUT2D eigenvalue weighted by Gasteiger charge is 2.27. The van der Waals surface area contributed by atoms with Gasteiger partial charge in [0.2, 0.25) is 10.0 Å². The number of nitrogens with one attached hydrogen (secondary N) is 1. The third kappa shape index (κ3) is 4.11. The Morgan fingerprint density at radius 3 is 2.54 bits per heavy atom. The van der Waals surface area contributed by atoms with Crippen LogP contribution in [0.25, 0.3) is 10.8 Å². The maximum absolute atomic E-state index is 13.1. The molecule has 0 bridgehead atoms. The zero-order chi connectivity index (χ0) is 17.6. The minimum Gasteiger partial charge on any atom is -0.289 e. The lowest BCUT2D eigenvalue weighted by Gasteiger charge is -2.22. The molecule has 0 spiro atoms. The van der Waals surface area contributed by atoms with Gasteiger partial charge in [0.15, 0.2) is 0 Å². The molecule has 0 fully saturated rings. The van der Waals surface area contributed by atoms with Gasteiger partial charge in [-0.25, -0.2) is 13.9 Å². The van der Waals surface area contributed by atoms with Crippen molar-refractivity contribution in [3.63, 3.8) is 0 Å². The van der Waals surface area contributed by atoms with Gasteiger partial charge in [-0.15, -0.1) is 0 Å². The van der Waals surface area contributed by atoms with Gasteiger partial charge in [-0.3, -0.25) is 10.0 Å². The minimum atomic E-state index is -3.85. The fraction of sp³-hybridized carbons (Fsp3) is 0.353.